The Morgan fingerprint density at radius 1 is 1.25 bits per heavy atom. The average Bonchev–Trinajstić information content (AvgIpc) is 1.99. The Labute approximate surface area is 96.2 Å². The van der Waals surface area contributed by atoms with Gasteiger partial charge in [-0.1, -0.05) is 13.3 Å². The number of aliphatic carboxylic acids is 1. The van der Waals surface area contributed by atoms with Crippen molar-refractivity contribution < 1.29 is 19.4 Å². The van der Waals surface area contributed by atoms with Gasteiger partial charge < -0.3 is 15.2 Å². The number of carbonyl (C=O) groups excluding carboxylic acids is 1. The highest BCUT2D eigenvalue weighted by Crippen LogP contribution is 2.14. The number of carbonyl (C=O) groups is 2. The number of alkyl carbamates (subject to hydrolysis) is 1. The van der Waals surface area contributed by atoms with E-state index in [0.29, 0.717) is 12.8 Å². The summed E-state index contributed by atoms with van der Waals surface area (Å²) in [5.74, 6) is -1.06. The second-order valence-electron chi connectivity index (χ2n) is 5.01. The number of carboxylic acid groups (broad SMARTS) is 1. The van der Waals surface area contributed by atoms with Crippen LogP contribution in [0.4, 0.5) is 4.79 Å². The lowest BCUT2D eigenvalue weighted by Gasteiger charge is -2.28. The molecule has 0 saturated heterocycles. The number of nitrogens with one attached hydrogen (secondary N) is 1. The van der Waals surface area contributed by atoms with Crippen LogP contribution in [0.3, 0.4) is 0 Å². The van der Waals surface area contributed by atoms with E-state index in [4.69, 9.17) is 9.84 Å². The summed E-state index contributed by atoms with van der Waals surface area (Å²) < 4.78 is 5.02. The maximum atomic E-state index is 11.5. The highest BCUT2D eigenvalue weighted by Gasteiger charge is 2.35. The Morgan fingerprint density at radius 2 is 1.75 bits per heavy atom. The van der Waals surface area contributed by atoms with Gasteiger partial charge in [-0.3, -0.25) is 0 Å². The van der Waals surface area contributed by atoms with Crippen molar-refractivity contribution in [2.75, 3.05) is 0 Å². The monoisotopic (exact) mass is 231 g/mol. The molecule has 1 atom stereocenters. The highest BCUT2D eigenvalue weighted by atomic mass is 16.6. The number of amides is 1. The zero-order valence-electron chi connectivity index (χ0n) is 10.6. The third-order valence-corrected chi connectivity index (χ3v) is 2.00. The van der Waals surface area contributed by atoms with Gasteiger partial charge in [0.05, 0.1) is 0 Å². The van der Waals surface area contributed by atoms with Gasteiger partial charge in [-0.05, 0) is 34.1 Å². The Balaban J connectivity index is 4.53. The lowest BCUT2D eigenvalue weighted by Crippen LogP contribution is -2.53. The predicted octanol–water partition coefficient (Wildman–Crippen LogP) is 2.15. The molecule has 0 aliphatic carbocycles. The number of ether oxygens (including phenoxy) is 1. The minimum atomic E-state index is -1.27. The van der Waals surface area contributed by atoms with Crippen molar-refractivity contribution >= 4 is 12.1 Å². The van der Waals surface area contributed by atoms with Crippen molar-refractivity contribution in [1.82, 2.24) is 5.32 Å². The Morgan fingerprint density at radius 3 is 2.06 bits per heavy atom. The van der Waals surface area contributed by atoms with Crippen molar-refractivity contribution in [3.63, 3.8) is 0 Å². The fraction of sp³-hybridized carbons (Fsp3) is 0.818. The Bertz CT molecular complexity index is 270. The predicted molar refractivity (Wildman–Crippen MR) is 60.3 cm³/mol. The Kier molecular flexibility index (Phi) is 4.78. The van der Waals surface area contributed by atoms with E-state index in [9.17, 15) is 9.59 Å². The van der Waals surface area contributed by atoms with Gasteiger partial charge in [-0.2, -0.15) is 0 Å². The van der Waals surface area contributed by atoms with Crippen LogP contribution in [-0.4, -0.2) is 28.3 Å². The van der Waals surface area contributed by atoms with Crippen LogP contribution in [0.1, 0.15) is 47.5 Å². The quantitative estimate of drug-likeness (QED) is 0.777. The summed E-state index contributed by atoms with van der Waals surface area (Å²) in [6, 6.07) is 0. The normalized spacial score (nSPS) is 15.1. The smallest absolute Gasteiger partial charge is 0.408 e. The molecule has 0 bridgehead atoms. The molecule has 0 heterocycles. The van der Waals surface area contributed by atoms with E-state index in [0.717, 1.165) is 0 Å². The lowest BCUT2D eigenvalue weighted by atomic mass is 9.97. The van der Waals surface area contributed by atoms with Crippen molar-refractivity contribution in [2.24, 2.45) is 0 Å². The lowest BCUT2D eigenvalue weighted by molar-refractivity contribution is -0.144. The molecule has 0 rings (SSSR count). The van der Waals surface area contributed by atoms with Crippen molar-refractivity contribution in [2.45, 2.75) is 58.6 Å². The summed E-state index contributed by atoms with van der Waals surface area (Å²) in [6.45, 7) is 8.51. The second kappa shape index (κ2) is 5.18. The molecule has 1 amide bonds. The first-order valence-electron chi connectivity index (χ1n) is 5.35. The first-order chi connectivity index (χ1) is 7.10. The van der Waals surface area contributed by atoms with Crippen molar-refractivity contribution in [3.8, 4) is 0 Å². The van der Waals surface area contributed by atoms with Gasteiger partial charge in [-0.15, -0.1) is 0 Å². The topological polar surface area (TPSA) is 75.6 Å². The van der Waals surface area contributed by atoms with Gasteiger partial charge in [0.15, 0.2) is 0 Å². The zero-order chi connectivity index (χ0) is 13.0. The standard InChI is InChI=1S/C11H21NO4/c1-6-7-11(5,8(13)14)12-9(15)16-10(2,3)4/h6-7H2,1-5H3,(H,12,15)(H,13,14)/t11-/m1/s1. The molecule has 0 aromatic heterocycles. The van der Waals surface area contributed by atoms with E-state index in [1.807, 2.05) is 6.92 Å². The minimum absolute atomic E-state index is 0.363. The molecule has 0 aromatic rings. The van der Waals surface area contributed by atoms with Gasteiger partial charge in [0, 0.05) is 0 Å². The van der Waals surface area contributed by atoms with E-state index < -0.39 is 23.2 Å². The van der Waals surface area contributed by atoms with E-state index in [1.54, 1.807) is 20.8 Å². The molecule has 0 aliphatic heterocycles. The van der Waals surface area contributed by atoms with Crippen molar-refractivity contribution in [1.29, 1.82) is 0 Å². The first kappa shape index (κ1) is 14.7. The largest absolute Gasteiger partial charge is 0.480 e. The molecule has 0 spiro atoms. The molecule has 0 aromatic carbocycles. The van der Waals surface area contributed by atoms with E-state index >= 15 is 0 Å². The van der Waals surface area contributed by atoms with Crippen LogP contribution in [0.15, 0.2) is 0 Å². The van der Waals surface area contributed by atoms with Crippen LogP contribution in [0.25, 0.3) is 0 Å². The molecule has 0 saturated carbocycles. The van der Waals surface area contributed by atoms with Gasteiger partial charge in [-0.25, -0.2) is 9.59 Å². The summed E-state index contributed by atoms with van der Waals surface area (Å²) in [5.41, 5.74) is -1.90. The van der Waals surface area contributed by atoms with Gasteiger partial charge in [0.25, 0.3) is 0 Å². The van der Waals surface area contributed by atoms with Crippen LogP contribution in [0.2, 0.25) is 0 Å². The van der Waals surface area contributed by atoms with E-state index in [1.165, 1.54) is 6.92 Å². The fourth-order valence-electron chi connectivity index (χ4n) is 1.25. The third-order valence-electron chi connectivity index (χ3n) is 2.00. The number of hydrogen-bond donors (Lipinski definition) is 2. The van der Waals surface area contributed by atoms with Gasteiger partial charge in [0.2, 0.25) is 0 Å². The summed E-state index contributed by atoms with van der Waals surface area (Å²) in [6.07, 6.45) is 0.325. The molecular weight excluding hydrogens is 210 g/mol. The molecule has 5 heteroatoms. The van der Waals surface area contributed by atoms with Crippen LogP contribution in [0, 0.1) is 0 Å². The second-order valence-corrected chi connectivity index (χ2v) is 5.01. The van der Waals surface area contributed by atoms with Crippen molar-refractivity contribution in [3.05, 3.63) is 0 Å². The first-order valence-corrected chi connectivity index (χ1v) is 5.35. The number of rotatable bonds is 4. The molecular formula is C11H21NO4. The van der Waals surface area contributed by atoms with Crippen LogP contribution < -0.4 is 5.32 Å². The molecule has 0 aliphatic rings. The molecule has 5 nitrogen and oxygen atoms in total. The minimum Gasteiger partial charge on any atom is -0.480 e. The van der Waals surface area contributed by atoms with E-state index in [2.05, 4.69) is 5.32 Å². The molecule has 0 fully saturated rings. The summed E-state index contributed by atoms with van der Waals surface area (Å²) >= 11 is 0. The highest BCUT2D eigenvalue weighted by molar-refractivity contribution is 5.83. The van der Waals surface area contributed by atoms with Crippen LogP contribution in [0.5, 0.6) is 0 Å². The molecule has 0 radical (unpaired) electrons. The summed E-state index contributed by atoms with van der Waals surface area (Å²) in [5, 5.41) is 11.4. The molecule has 94 valence electrons. The maximum Gasteiger partial charge on any atom is 0.408 e. The van der Waals surface area contributed by atoms with Gasteiger partial charge >= 0.3 is 12.1 Å². The van der Waals surface area contributed by atoms with Crippen LogP contribution in [-0.2, 0) is 9.53 Å². The molecule has 0 unspecified atom stereocenters. The number of hydrogen-bond acceptors (Lipinski definition) is 3. The summed E-state index contributed by atoms with van der Waals surface area (Å²) in [4.78, 5) is 22.5. The number of carboxylic acids is 1. The summed E-state index contributed by atoms with van der Waals surface area (Å²) in [7, 11) is 0. The van der Waals surface area contributed by atoms with Crippen LogP contribution >= 0.6 is 0 Å². The van der Waals surface area contributed by atoms with E-state index in [-0.39, 0.29) is 0 Å². The molecule has 2 N–H and O–H groups in total. The zero-order valence-corrected chi connectivity index (χ0v) is 10.6. The van der Waals surface area contributed by atoms with Gasteiger partial charge in [0.1, 0.15) is 11.1 Å². The average molecular weight is 231 g/mol. The SMILES string of the molecule is CCC[C@@](C)(NC(=O)OC(C)(C)C)C(=O)O. The Hall–Kier alpha value is -1.26. The third kappa shape index (κ3) is 5.00. The molecule has 16 heavy (non-hydrogen) atoms. The fourth-order valence-corrected chi connectivity index (χ4v) is 1.25. The maximum absolute atomic E-state index is 11.5.